The average Bonchev–Trinajstić information content (AvgIpc) is 3.38. The fourth-order valence-electron chi connectivity index (χ4n) is 3.82. The first kappa shape index (κ1) is 16.6. The molecule has 0 saturated heterocycles. The molecule has 3 aromatic carbocycles. The van der Waals surface area contributed by atoms with E-state index in [1.165, 1.54) is 6.07 Å². The molecule has 1 aromatic heterocycles. The second-order valence-corrected chi connectivity index (χ2v) is 9.06. The lowest BCUT2D eigenvalue weighted by Gasteiger charge is -2.11. The number of benzene rings is 3. The third-order valence-electron chi connectivity index (χ3n) is 5.37. The molecule has 7 nitrogen and oxygen atoms in total. The summed E-state index contributed by atoms with van der Waals surface area (Å²) in [6, 6.07) is 13.3. The van der Waals surface area contributed by atoms with Gasteiger partial charge in [0.2, 0.25) is 0 Å². The number of rotatable bonds is 4. The number of aromatic nitrogens is 1. The number of sulfonamides is 1. The monoisotopic (exact) mass is 405 g/mol. The molecule has 0 radical (unpaired) electrons. The zero-order valence-electron chi connectivity index (χ0n) is 15.1. The number of carbonyl (C=O) groups excluding carboxylic acids is 1. The number of nitrogens with zero attached hydrogens (tertiary/aromatic N) is 1. The Morgan fingerprint density at radius 3 is 2.79 bits per heavy atom. The summed E-state index contributed by atoms with van der Waals surface area (Å²) in [7, 11) is -3.88. The lowest BCUT2D eigenvalue weighted by molar-refractivity contribution is 0.103. The minimum atomic E-state index is -3.88. The zero-order valence-corrected chi connectivity index (χ0v) is 15.9. The molecule has 1 aliphatic carbocycles. The summed E-state index contributed by atoms with van der Waals surface area (Å²) in [6.07, 6.45) is 2.16. The first-order valence-corrected chi connectivity index (χ1v) is 10.8. The van der Waals surface area contributed by atoms with Crippen LogP contribution in [0.3, 0.4) is 0 Å². The molecule has 1 fully saturated rings. The van der Waals surface area contributed by atoms with Crippen molar-refractivity contribution < 1.29 is 17.6 Å². The van der Waals surface area contributed by atoms with Gasteiger partial charge in [0.05, 0.1) is 10.6 Å². The second-order valence-electron chi connectivity index (χ2n) is 7.41. The summed E-state index contributed by atoms with van der Waals surface area (Å²) in [5.41, 5.74) is 2.76. The first-order valence-electron chi connectivity index (χ1n) is 9.30. The molecule has 0 unspecified atom stereocenters. The van der Waals surface area contributed by atoms with E-state index >= 15 is 0 Å². The van der Waals surface area contributed by atoms with Crippen molar-refractivity contribution in [1.29, 1.82) is 0 Å². The predicted octanol–water partition coefficient (Wildman–Crippen LogP) is 4.22. The van der Waals surface area contributed by atoms with E-state index in [1.54, 1.807) is 42.5 Å². The van der Waals surface area contributed by atoms with Gasteiger partial charge in [-0.05, 0) is 43.2 Å². The van der Waals surface area contributed by atoms with Gasteiger partial charge < -0.3 is 9.73 Å². The quantitative estimate of drug-likeness (QED) is 0.529. The Labute approximate surface area is 165 Å². The minimum Gasteiger partial charge on any atom is -0.440 e. The summed E-state index contributed by atoms with van der Waals surface area (Å²) in [4.78, 5) is 16.7. The van der Waals surface area contributed by atoms with Crippen LogP contribution in [0.5, 0.6) is 0 Å². The van der Waals surface area contributed by atoms with Crippen molar-refractivity contribution in [3.8, 4) is 0 Å². The van der Waals surface area contributed by atoms with Gasteiger partial charge >= 0.3 is 0 Å². The Hall–Kier alpha value is -3.39. The lowest BCUT2D eigenvalue weighted by atomic mass is 10.1. The van der Waals surface area contributed by atoms with Crippen LogP contribution in [0.4, 0.5) is 11.4 Å². The van der Waals surface area contributed by atoms with Crippen molar-refractivity contribution in [2.24, 2.45) is 0 Å². The smallest absolute Gasteiger partial charge is 0.262 e. The highest BCUT2D eigenvalue weighted by Gasteiger charge is 2.29. The van der Waals surface area contributed by atoms with Crippen LogP contribution in [0.1, 0.15) is 35.0 Å². The van der Waals surface area contributed by atoms with Crippen LogP contribution in [0.25, 0.3) is 21.9 Å². The molecule has 4 aromatic rings. The van der Waals surface area contributed by atoms with E-state index in [0.717, 1.165) is 12.8 Å². The Kier molecular flexibility index (Phi) is 3.18. The number of hydrogen-bond donors (Lipinski definition) is 2. The molecule has 6 rings (SSSR count). The second kappa shape index (κ2) is 5.57. The Morgan fingerprint density at radius 2 is 1.97 bits per heavy atom. The van der Waals surface area contributed by atoms with Crippen molar-refractivity contribution >= 4 is 49.2 Å². The van der Waals surface area contributed by atoms with Crippen LogP contribution < -0.4 is 10.0 Å². The van der Waals surface area contributed by atoms with Gasteiger partial charge in [0.25, 0.3) is 15.9 Å². The topological polar surface area (TPSA) is 101 Å². The van der Waals surface area contributed by atoms with E-state index in [2.05, 4.69) is 15.0 Å². The fourth-order valence-corrected chi connectivity index (χ4v) is 5.07. The minimum absolute atomic E-state index is 0.117. The summed E-state index contributed by atoms with van der Waals surface area (Å²) < 4.78 is 34.7. The number of carbonyl (C=O) groups is 1. The number of nitrogens with one attached hydrogen (secondary N) is 2. The van der Waals surface area contributed by atoms with E-state index in [1.807, 2.05) is 0 Å². The number of amides is 1. The van der Waals surface area contributed by atoms with E-state index in [9.17, 15) is 13.2 Å². The van der Waals surface area contributed by atoms with Crippen LogP contribution in [-0.4, -0.2) is 19.3 Å². The molecule has 2 aliphatic rings. The molecule has 0 bridgehead atoms. The normalized spacial score (nSPS) is 15.8. The van der Waals surface area contributed by atoms with Crippen molar-refractivity contribution in [2.45, 2.75) is 23.7 Å². The standard InChI is InChI=1S/C21H15N3O4S/c25-20-14-3-1-2-13-18(9-8-16(22-20)19(13)14)29(26,27)24-12-6-7-15-17(10-12)28-21(23-15)11-4-5-11/h1-3,6-11,24H,4-5H2,(H,22,25). The van der Waals surface area contributed by atoms with Gasteiger partial charge in [-0.2, -0.15) is 0 Å². The maximum Gasteiger partial charge on any atom is 0.262 e. The summed E-state index contributed by atoms with van der Waals surface area (Å²) >= 11 is 0. The molecular weight excluding hydrogens is 390 g/mol. The van der Waals surface area contributed by atoms with Crippen LogP contribution in [0.2, 0.25) is 0 Å². The van der Waals surface area contributed by atoms with E-state index < -0.39 is 10.0 Å². The third-order valence-corrected chi connectivity index (χ3v) is 6.81. The summed E-state index contributed by atoms with van der Waals surface area (Å²) in [5, 5.41) is 3.89. The summed E-state index contributed by atoms with van der Waals surface area (Å²) in [5.74, 6) is 0.868. The highest BCUT2D eigenvalue weighted by atomic mass is 32.2. The number of oxazole rings is 1. The van der Waals surface area contributed by atoms with Gasteiger partial charge in [-0.15, -0.1) is 0 Å². The maximum absolute atomic E-state index is 13.1. The molecule has 1 saturated carbocycles. The SMILES string of the molecule is O=C1Nc2ccc(S(=O)(=O)Nc3ccc4nc(C5CC5)oc4c3)c3cccc1c23. The first-order chi connectivity index (χ1) is 14.0. The predicted molar refractivity (Wildman–Crippen MR) is 109 cm³/mol. The number of hydrogen-bond acceptors (Lipinski definition) is 5. The lowest BCUT2D eigenvalue weighted by Crippen LogP contribution is -2.13. The van der Waals surface area contributed by atoms with Crippen molar-refractivity contribution in [3.63, 3.8) is 0 Å². The Balaban J connectivity index is 1.42. The van der Waals surface area contributed by atoms with Gasteiger partial charge in [0.15, 0.2) is 11.5 Å². The zero-order chi connectivity index (χ0) is 19.8. The highest BCUT2D eigenvalue weighted by molar-refractivity contribution is 7.93. The molecule has 8 heteroatoms. The van der Waals surface area contributed by atoms with Crippen molar-refractivity contribution in [2.75, 3.05) is 10.0 Å². The third kappa shape index (κ3) is 2.52. The number of fused-ring (bicyclic) bond motifs is 1. The average molecular weight is 405 g/mol. The van der Waals surface area contributed by atoms with Gasteiger partial charge in [-0.25, -0.2) is 13.4 Å². The van der Waals surface area contributed by atoms with Gasteiger partial charge in [0, 0.05) is 34.0 Å². The van der Waals surface area contributed by atoms with Crippen LogP contribution in [0, 0.1) is 0 Å². The molecule has 0 atom stereocenters. The van der Waals surface area contributed by atoms with Crippen LogP contribution in [0.15, 0.2) is 57.8 Å². The Bertz CT molecular complexity index is 1450. The number of anilines is 2. The molecule has 2 N–H and O–H groups in total. The molecule has 1 amide bonds. The van der Waals surface area contributed by atoms with E-state index in [0.29, 0.717) is 50.6 Å². The van der Waals surface area contributed by atoms with Crippen molar-refractivity contribution in [3.05, 3.63) is 60.0 Å². The van der Waals surface area contributed by atoms with E-state index in [4.69, 9.17) is 4.42 Å². The van der Waals surface area contributed by atoms with Crippen LogP contribution >= 0.6 is 0 Å². The Morgan fingerprint density at radius 1 is 1.10 bits per heavy atom. The fraction of sp³-hybridized carbons (Fsp3) is 0.143. The molecule has 2 heterocycles. The molecular formula is C21H15N3O4S. The molecule has 0 spiro atoms. The highest BCUT2D eigenvalue weighted by Crippen LogP contribution is 2.41. The molecule has 144 valence electrons. The van der Waals surface area contributed by atoms with Crippen molar-refractivity contribution in [1.82, 2.24) is 4.98 Å². The maximum atomic E-state index is 13.1. The van der Waals surface area contributed by atoms with Gasteiger partial charge in [-0.3, -0.25) is 9.52 Å². The van der Waals surface area contributed by atoms with Gasteiger partial charge in [0.1, 0.15) is 5.52 Å². The van der Waals surface area contributed by atoms with Gasteiger partial charge in [-0.1, -0.05) is 12.1 Å². The molecule has 1 aliphatic heterocycles. The van der Waals surface area contributed by atoms with E-state index in [-0.39, 0.29) is 10.8 Å². The molecule has 29 heavy (non-hydrogen) atoms. The largest absolute Gasteiger partial charge is 0.440 e. The summed E-state index contributed by atoms with van der Waals surface area (Å²) in [6.45, 7) is 0. The van der Waals surface area contributed by atoms with Crippen LogP contribution in [-0.2, 0) is 10.0 Å².